The zero-order valence-electron chi connectivity index (χ0n) is 6.37. The summed E-state index contributed by atoms with van der Waals surface area (Å²) in [5.74, 6) is 0. The average molecular weight is 179 g/mol. The third-order valence-electron chi connectivity index (χ3n) is 1.48. The van der Waals surface area contributed by atoms with E-state index >= 15 is 0 Å². The molecule has 0 aromatic carbocycles. The van der Waals surface area contributed by atoms with Crippen LogP contribution in [-0.4, -0.2) is 57.7 Å². The van der Waals surface area contributed by atoms with Crippen molar-refractivity contribution < 1.29 is 25.2 Å². The van der Waals surface area contributed by atoms with Crippen LogP contribution < -0.4 is 5.73 Å². The van der Waals surface area contributed by atoms with E-state index in [1.807, 2.05) is 0 Å². The first kappa shape index (κ1) is 11.5. The molecular weight excluding hydrogens is 166 g/mol. The predicted octanol–water partition coefficient (Wildman–Crippen LogP) is -3.41. The van der Waals surface area contributed by atoms with Gasteiger partial charge in [0, 0.05) is 0 Å². The molecule has 6 heteroatoms. The Labute approximate surface area is 69.2 Å². The second-order valence-electron chi connectivity index (χ2n) is 2.44. The van der Waals surface area contributed by atoms with E-state index in [-0.39, 0.29) is 6.29 Å². The minimum atomic E-state index is -1.62. The highest BCUT2D eigenvalue weighted by Crippen LogP contribution is 2.01. The van der Waals surface area contributed by atoms with Crippen LogP contribution in [0.3, 0.4) is 0 Å². The molecule has 72 valence electrons. The second-order valence-corrected chi connectivity index (χ2v) is 2.44. The van der Waals surface area contributed by atoms with Gasteiger partial charge in [-0.1, -0.05) is 0 Å². The van der Waals surface area contributed by atoms with Crippen molar-refractivity contribution in [3.8, 4) is 0 Å². The topological polar surface area (TPSA) is 124 Å². The molecule has 0 radical (unpaired) electrons. The number of rotatable bonds is 5. The number of nitrogens with two attached hydrogens (primary N) is 1. The van der Waals surface area contributed by atoms with Crippen LogP contribution in [0.5, 0.6) is 0 Å². The van der Waals surface area contributed by atoms with Crippen LogP contribution in [0.1, 0.15) is 0 Å². The Balaban J connectivity index is 4.07. The minimum Gasteiger partial charge on any atom is -0.394 e. The maximum absolute atomic E-state index is 10.0. The Morgan fingerprint density at radius 2 is 1.75 bits per heavy atom. The highest BCUT2D eigenvalue weighted by Gasteiger charge is 2.28. The normalized spacial score (nSPS) is 21.1. The summed E-state index contributed by atoms with van der Waals surface area (Å²) < 4.78 is 0. The molecule has 0 rings (SSSR count). The number of carbonyl (C=O) groups excluding carboxylic acids is 1. The Kier molecular flexibility index (Phi) is 4.95. The molecule has 0 amide bonds. The number of hydrogen-bond acceptors (Lipinski definition) is 6. The number of carbonyl (C=O) groups is 1. The van der Waals surface area contributed by atoms with Gasteiger partial charge in [0.2, 0.25) is 0 Å². The lowest BCUT2D eigenvalue weighted by atomic mass is 10.0. The summed E-state index contributed by atoms with van der Waals surface area (Å²) in [7, 11) is 0. The van der Waals surface area contributed by atoms with Crippen molar-refractivity contribution in [1.82, 2.24) is 0 Å². The van der Waals surface area contributed by atoms with E-state index < -0.39 is 31.0 Å². The molecule has 0 bridgehead atoms. The van der Waals surface area contributed by atoms with Crippen LogP contribution in [0.15, 0.2) is 0 Å². The maximum atomic E-state index is 10.0. The molecule has 0 aliphatic rings. The van der Waals surface area contributed by atoms with E-state index in [2.05, 4.69) is 0 Å². The molecule has 0 heterocycles. The van der Waals surface area contributed by atoms with Gasteiger partial charge in [0.25, 0.3) is 0 Å². The van der Waals surface area contributed by atoms with Gasteiger partial charge in [-0.2, -0.15) is 0 Å². The molecule has 0 saturated heterocycles. The highest BCUT2D eigenvalue weighted by atomic mass is 16.4. The SMILES string of the molecule is N[C@@H](C=O)[C@H](O)[C@H](O)[C@@H](O)CO. The van der Waals surface area contributed by atoms with Crippen molar-refractivity contribution in [2.75, 3.05) is 6.61 Å². The number of aldehydes is 1. The van der Waals surface area contributed by atoms with Gasteiger partial charge < -0.3 is 31.0 Å². The summed E-state index contributed by atoms with van der Waals surface area (Å²) in [5.41, 5.74) is 5.04. The Hall–Kier alpha value is -0.530. The number of aliphatic hydroxyl groups excluding tert-OH is 4. The molecule has 12 heavy (non-hydrogen) atoms. The van der Waals surface area contributed by atoms with E-state index in [1.165, 1.54) is 0 Å². The molecule has 6 nitrogen and oxygen atoms in total. The van der Waals surface area contributed by atoms with Crippen LogP contribution in [0.4, 0.5) is 0 Å². The largest absolute Gasteiger partial charge is 0.394 e. The maximum Gasteiger partial charge on any atom is 0.139 e. The molecule has 0 aliphatic heterocycles. The molecule has 0 aliphatic carbocycles. The summed E-state index contributed by atoms with van der Waals surface area (Å²) in [5, 5.41) is 35.2. The summed E-state index contributed by atoms with van der Waals surface area (Å²) in [6, 6.07) is -1.26. The summed E-state index contributed by atoms with van der Waals surface area (Å²) in [6.45, 7) is -0.705. The molecule has 0 saturated carbocycles. The monoisotopic (exact) mass is 179 g/mol. The molecule has 0 aromatic rings. The fraction of sp³-hybridized carbons (Fsp3) is 0.833. The van der Waals surface area contributed by atoms with E-state index in [1.54, 1.807) is 0 Å². The highest BCUT2D eigenvalue weighted by molar-refractivity contribution is 5.58. The Morgan fingerprint density at radius 1 is 1.25 bits per heavy atom. The first-order valence-corrected chi connectivity index (χ1v) is 3.40. The van der Waals surface area contributed by atoms with Crippen LogP contribution in [0.25, 0.3) is 0 Å². The van der Waals surface area contributed by atoms with Crippen LogP contribution in [0.2, 0.25) is 0 Å². The molecule has 0 spiro atoms. The lowest BCUT2D eigenvalue weighted by Gasteiger charge is -2.23. The van der Waals surface area contributed by atoms with Gasteiger partial charge >= 0.3 is 0 Å². The Bertz CT molecular complexity index is 142. The van der Waals surface area contributed by atoms with Crippen molar-refractivity contribution >= 4 is 6.29 Å². The fourth-order valence-electron chi connectivity index (χ4n) is 0.644. The number of aliphatic hydroxyl groups is 4. The van der Waals surface area contributed by atoms with Crippen LogP contribution in [0, 0.1) is 0 Å². The van der Waals surface area contributed by atoms with Crippen molar-refractivity contribution in [3.63, 3.8) is 0 Å². The van der Waals surface area contributed by atoms with E-state index in [0.717, 1.165) is 0 Å². The lowest BCUT2D eigenvalue weighted by molar-refractivity contribution is -0.118. The van der Waals surface area contributed by atoms with E-state index in [9.17, 15) is 4.79 Å². The van der Waals surface area contributed by atoms with Gasteiger partial charge in [0.15, 0.2) is 0 Å². The van der Waals surface area contributed by atoms with E-state index in [4.69, 9.17) is 26.2 Å². The van der Waals surface area contributed by atoms with Crippen LogP contribution in [-0.2, 0) is 4.79 Å². The first-order chi connectivity index (χ1) is 5.54. The number of hydrogen-bond donors (Lipinski definition) is 5. The molecular formula is C6H13NO5. The smallest absolute Gasteiger partial charge is 0.139 e. The van der Waals surface area contributed by atoms with Gasteiger partial charge in [-0.3, -0.25) is 0 Å². The quantitative estimate of drug-likeness (QED) is 0.280. The van der Waals surface area contributed by atoms with Gasteiger partial charge in [-0.05, 0) is 0 Å². The van der Waals surface area contributed by atoms with Gasteiger partial charge in [0.1, 0.15) is 24.6 Å². The first-order valence-electron chi connectivity index (χ1n) is 3.40. The average Bonchev–Trinajstić information content (AvgIpc) is 2.12. The minimum absolute atomic E-state index is 0.248. The Morgan fingerprint density at radius 3 is 2.08 bits per heavy atom. The summed E-state index contributed by atoms with van der Waals surface area (Å²) in [6.07, 6.45) is -4.43. The zero-order chi connectivity index (χ0) is 9.72. The molecule has 0 aromatic heterocycles. The van der Waals surface area contributed by atoms with Crippen LogP contribution >= 0.6 is 0 Å². The van der Waals surface area contributed by atoms with Gasteiger partial charge in [-0.25, -0.2) is 0 Å². The van der Waals surface area contributed by atoms with Gasteiger partial charge in [-0.15, -0.1) is 0 Å². The fourth-order valence-corrected chi connectivity index (χ4v) is 0.644. The molecule has 6 N–H and O–H groups in total. The lowest BCUT2D eigenvalue weighted by Crippen LogP contribution is -2.49. The molecule has 4 atom stereocenters. The third-order valence-corrected chi connectivity index (χ3v) is 1.48. The third kappa shape index (κ3) is 2.84. The van der Waals surface area contributed by atoms with Crippen molar-refractivity contribution in [2.24, 2.45) is 5.73 Å². The standard InChI is InChI=1S/C6H13NO5/c7-3(1-8)5(11)6(12)4(10)2-9/h1,3-6,9-12H,2,7H2/t3-,4-,5-,6+/m0/s1. The van der Waals surface area contributed by atoms with Crippen molar-refractivity contribution in [3.05, 3.63) is 0 Å². The second kappa shape index (κ2) is 5.18. The predicted molar refractivity (Wildman–Crippen MR) is 39.1 cm³/mol. The summed E-state index contributed by atoms with van der Waals surface area (Å²) >= 11 is 0. The van der Waals surface area contributed by atoms with Gasteiger partial charge in [0.05, 0.1) is 12.6 Å². The zero-order valence-corrected chi connectivity index (χ0v) is 6.37. The summed E-state index contributed by atoms with van der Waals surface area (Å²) in [4.78, 5) is 10.0. The van der Waals surface area contributed by atoms with Crippen molar-refractivity contribution in [1.29, 1.82) is 0 Å². The van der Waals surface area contributed by atoms with Crippen molar-refractivity contribution in [2.45, 2.75) is 24.4 Å². The van der Waals surface area contributed by atoms with E-state index in [0.29, 0.717) is 0 Å². The molecule has 0 fully saturated rings. The molecule has 0 unspecified atom stereocenters.